The summed E-state index contributed by atoms with van der Waals surface area (Å²) < 4.78 is 65.6. The third kappa shape index (κ3) is 5.70. The van der Waals surface area contributed by atoms with Gasteiger partial charge in [0.1, 0.15) is 5.75 Å². The lowest BCUT2D eigenvalue weighted by molar-refractivity contribution is -0.274. The van der Waals surface area contributed by atoms with Crippen LogP contribution in [0.2, 0.25) is 0 Å². The van der Waals surface area contributed by atoms with Crippen molar-refractivity contribution >= 4 is 38.0 Å². The van der Waals surface area contributed by atoms with Crippen LogP contribution in [0.3, 0.4) is 0 Å². The second kappa shape index (κ2) is 8.61. The number of hydrogen-bond acceptors (Lipinski definition) is 6. The highest BCUT2D eigenvalue weighted by molar-refractivity contribution is 8.08. The monoisotopic (exact) mass is 434 g/mol. The van der Waals surface area contributed by atoms with Crippen LogP contribution >= 0.6 is 11.6 Å². The van der Waals surface area contributed by atoms with Crippen molar-refractivity contribution in [1.82, 2.24) is 0 Å². The fourth-order valence-electron chi connectivity index (χ4n) is 2.00. The molecule has 0 heterocycles. The number of nitrogens with one attached hydrogen (secondary N) is 1. The molecule has 0 aliphatic rings. The first-order chi connectivity index (χ1) is 13.0. The van der Waals surface area contributed by atoms with Crippen molar-refractivity contribution in [1.29, 1.82) is 0 Å². The molecule has 0 radical (unpaired) electrons. The zero-order valence-corrected chi connectivity index (χ0v) is 15.9. The van der Waals surface area contributed by atoms with Gasteiger partial charge in [-0.05, 0) is 43.3 Å². The number of sulfone groups is 1. The van der Waals surface area contributed by atoms with Gasteiger partial charge in [0.25, 0.3) is 0 Å². The first kappa shape index (κ1) is 21.7. The van der Waals surface area contributed by atoms with Crippen LogP contribution in [0.25, 0.3) is 0 Å². The Hall–Kier alpha value is -2.59. The van der Waals surface area contributed by atoms with Gasteiger partial charge >= 0.3 is 6.36 Å². The number of rotatable bonds is 6. The summed E-state index contributed by atoms with van der Waals surface area (Å²) in [5.41, 5.74) is 3.28. The summed E-state index contributed by atoms with van der Waals surface area (Å²) in [7, 11) is -4.25. The van der Waals surface area contributed by atoms with Gasteiger partial charge in [-0.15, -0.1) is 24.8 Å². The van der Waals surface area contributed by atoms with E-state index in [4.69, 9.17) is 11.6 Å². The molecule has 0 saturated carbocycles. The molecule has 0 unspecified atom stereocenters. The molecule has 0 aliphatic heterocycles. The van der Waals surface area contributed by atoms with Crippen molar-refractivity contribution in [3.63, 3.8) is 0 Å². The minimum atomic E-state index is -4.84. The summed E-state index contributed by atoms with van der Waals surface area (Å²) in [4.78, 5) is 11.9. The Labute approximate surface area is 163 Å². The molecule has 0 aliphatic carbocycles. The van der Waals surface area contributed by atoms with Gasteiger partial charge < -0.3 is 4.74 Å². The Balaban J connectivity index is 2.29. The number of carbonyl (C=O) groups excluding carboxylic acids is 1. The van der Waals surface area contributed by atoms with Gasteiger partial charge in [0.15, 0.2) is 0 Å². The van der Waals surface area contributed by atoms with Gasteiger partial charge in [-0.2, -0.15) is 5.10 Å². The zero-order chi connectivity index (χ0) is 20.9. The van der Waals surface area contributed by atoms with E-state index < -0.39 is 38.7 Å². The molecule has 0 atom stereocenters. The molecule has 2 aromatic rings. The number of aryl methyl sites for hydroxylation is 1. The van der Waals surface area contributed by atoms with Crippen LogP contribution in [0.15, 0.2) is 58.5 Å². The normalized spacial score (nSPS) is 12.5. The molecular weight excluding hydrogens is 421 g/mol. The molecule has 0 saturated heterocycles. The highest BCUT2D eigenvalue weighted by Crippen LogP contribution is 2.24. The van der Waals surface area contributed by atoms with Crippen molar-refractivity contribution in [2.45, 2.75) is 18.2 Å². The van der Waals surface area contributed by atoms with Gasteiger partial charge in [0, 0.05) is 0 Å². The van der Waals surface area contributed by atoms with E-state index in [1.807, 2.05) is 0 Å². The van der Waals surface area contributed by atoms with Crippen LogP contribution in [0.4, 0.5) is 18.9 Å². The predicted octanol–water partition coefficient (Wildman–Crippen LogP) is 3.90. The molecule has 150 valence electrons. The maximum atomic E-state index is 12.7. The highest BCUT2D eigenvalue weighted by Gasteiger charge is 2.31. The molecule has 6 nitrogen and oxygen atoms in total. The smallest absolute Gasteiger partial charge is 0.406 e. The van der Waals surface area contributed by atoms with Crippen molar-refractivity contribution < 1.29 is 31.1 Å². The molecule has 0 amide bonds. The summed E-state index contributed by atoms with van der Waals surface area (Å²) in [5, 5.41) is 2.80. The third-order valence-corrected chi connectivity index (χ3v) is 5.28. The van der Waals surface area contributed by atoms with E-state index in [0.717, 1.165) is 17.7 Å². The molecule has 0 bridgehead atoms. The SMILES string of the molecule is Cc1ccc(S(=O)(=O)C(=NNc2ccc(OC(F)(F)F)cc2)C(=O)CCl)cc1. The number of Topliss-reactive ketones (excluding diaryl/α,β-unsaturated/α-hetero) is 1. The van der Waals surface area contributed by atoms with Crippen molar-refractivity contribution in [2.75, 3.05) is 11.3 Å². The molecule has 1 N–H and O–H groups in total. The van der Waals surface area contributed by atoms with E-state index in [0.29, 0.717) is 0 Å². The number of benzene rings is 2. The fraction of sp³-hybridized carbons (Fsp3) is 0.176. The van der Waals surface area contributed by atoms with E-state index in [9.17, 15) is 26.4 Å². The minimum Gasteiger partial charge on any atom is -0.406 e. The number of alkyl halides is 4. The van der Waals surface area contributed by atoms with Crippen molar-refractivity contribution in [3.05, 3.63) is 54.1 Å². The number of hydrazone groups is 1. The van der Waals surface area contributed by atoms with E-state index in [1.54, 1.807) is 19.1 Å². The number of anilines is 1. The molecule has 11 heteroatoms. The summed E-state index contributed by atoms with van der Waals surface area (Å²) in [5.74, 6) is -2.03. The highest BCUT2D eigenvalue weighted by atomic mass is 35.5. The first-order valence-electron chi connectivity index (χ1n) is 7.63. The lowest BCUT2D eigenvalue weighted by Crippen LogP contribution is -2.27. The number of hydrogen-bond donors (Lipinski definition) is 1. The van der Waals surface area contributed by atoms with Crippen molar-refractivity contribution in [3.8, 4) is 5.75 Å². The molecule has 0 fully saturated rings. The molecule has 28 heavy (non-hydrogen) atoms. The van der Waals surface area contributed by atoms with Crippen molar-refractivity contribution in [2.24, 2.45) is 5.10 Å². The van der Waals surface area contributed by atoms with E-state index in [1.165, 1.54) is 24.3 Å². The second-order valence-corrected chi connectivity index (χ2v) is 7.61. The summed E-state index contributed by atoms with van der Waals surface area (Å²) in [6.07, 6.45) is -4.84. The number of nitrogens with zero attached hydrogens (tertiary/aromatic N) is 1. The quantitative estimate of drug-likeness (QED) is 0.322. The number of ether oxygens (including phenoxy) is 1. The maximum Gasteiger partial charge on any atom is 0.573 e. The van der Waals surface area contributed by atoms with Crippen LogP contribution in [0, 0.1) is 6.92 Å². The summed E-state index contributed by atoms with van der Waals surface area (Å²) >= 11 is 5.48. The standard InChI is InChI=1S/C17H14ClF3N2O4S/c1-11-2-8-14(9-3-11)28(25,26)16(15(24)10-18)23-22-12-4-6-13(7-5-12)27-17(19,20)21/h2-9,22H,10H2,1H3. The second-order valence-electron chi connectivity index (χ2n) is 5.47. The number of carbonyl (C=O) groups is 1. The first-order valence-corrected chi connectivity index (χ1v) is 9.65. The Morgan fingerprint density at radius 3 is 2.18 bits per heavy atom. The fourth-order valence-corrected chi connectivity index (χ4v) is 3.47. The van der Waals surface area contributed by atoms with Gasteiger partial charge in [0.05, 0.1) is 16.5 Å². The average molecular weight is 435 g/mol. The van der Waals surface area contributed by atoms with E-state index >= 15 is 0 Å². The van der Waals surface area contributed by atoms with Gasteiger partial charge in [-0.1, -0.05) is 17.7 Å². The van der Waals surface area contributed by atoms with E-state index in [-0.39, 0.29) is 10.6 Å². The van der Waals surface area contributed by atoms with Gasteiger partial charge in [0.2, 0.25) is 20.7 Å². The van der Waals surface area contributed by atoms with E-state index in [2.05, 4.69) is 15.3 Å². The Bertz CT molecular complexity index is 973. The summed E-state index contributed by atoms with van der Waals surface area (Å²) in [6, 6.07) is 10.1. The van der Waals surface area contributed by atoms with Gasteiger partial charge in [-0.25, -0.2) is 8.42 Å². The van der Waals surface area contributed by atoms with Crippen LogP contribution in [0.1, 0.15) is 5.56 Å². The maximum absolute atomic E-state index is 12.7. The minimum absolute atomic E-state index is 0.133. The lowest BCUT2D eigenvalue weighted by Gasteiger charge is -2.10. The third-order valence-electron chi connectivity index (χ3n) is 3.32. The Morgan fingerprint density at radius 2 is 1.68 bits per heavy atom. The zero-order valence-electron chi connectivity index (χ0n) is 14.3. The number of ketones is 1. The molecule has 2 aromatic carbocycles. The molecule has 0 aromatic heterocycles. The Kier molecular flexibility index (Phi) is 6.68. The van der Waals surface area contributed by atoms with Crippen LogP contribution in [-0.2, 0) is 14.6 Å². The molecule has 0 spiro atoms. The molecule has 2 rings (SSSR count). The average Bonchev–Trinajstić information content (AvgIpc) is 2.62. The van der Waals surface area contributed by atoms with Crippen LogP contribution in [-0.4, -0.2) is 31.5 Å². The molecular formula is C17H14ClF3N2O4S. The van der Waals surface area contributed by atoms with Gasteiger partial charge in [-0.3, -0.25) is 10.2 Å². The van der Waals surface area contributed by atoms with Crippen LogP contribution in [0.5, 0.6) is 5.75 Å². The Morgan fingerprint density at radius 1 is 1.11 bits per heavy atom. The number of halogens is 4. The van der Waals surface area contributed by atoms with Crippen LogP contribution < -0.4 is 10.2 Å². The topological polar surface area (TPSA) is 84.8 Å². The largest absolute Gasteiger partial charge is 0.573 e. The lowest BCUT2D eigenvalue weighted by atomic mass is 10.2. The predicted molar refractivity (Wildman–Crippen MR) is 98.3 cm³/mol. The summed E-state index contributed by atoms with van der Waals surface area (Å²) in [6.45, 7) is 1.77.